The van der Waals surface area contributed by atoms with Crippen molar-refractivity contribution in [3.63, 3.8) is 0 Å². The minimum atomic E-state index is -0.861. The number of nitrogens with zero attached hydrogens (tertiary/aromatic N) is 2. The highest BCUT2D eigenvalue weighted by Crippen LogP contribution is 2.30. The molecule has 0 radical (unpaired) electrons. The Morgan fingerprint density at radius 2 is 1.75 bits per heavy atom. The van der Waals surface area contributed by atoms with Crippen LogP contribution in [-0.2, 0) is 4.79 Å². The SMILES string of the molecule is CCCC(C#N)(CCC)C(=O)NN1C(C)CCCC1C. The monoisotopic (exact) mass is 279 g/mol. The van der Waals surface area contributed by atoms with Crippen molar-refractivity contribution in [1.82, 2.24) is 10.4 Å². The molecule has 0 aliphatic carbocycles. The van der Waals surface area contributed by atoms with Gasteiger partial charge in [0.1, 0.15) is 5.41 Å². The van der Waals surface area contributed by atoms with E-state index >= 15 is 0 Å². The normalized spacial score (nSPS) is 24.1. The fourth-order valence-corrected chi connectivity index (χ4v) is 3.23. The molecule has 1 heterocycles. The molecule has 114 valence electrons. The molecule has 0 bridgehead atoms. The summed E-state index contributed by atoms with van der Waals surface area (Å²) < 4.78 is 0. The maximum Gasteiger partial charge on any atom is 0.254 e. The molecule has 1 N–H and O–H groups in total. The summed E-state index contributed by atoms with van der Waals surface area (Å²) in [4.78, 5) is 12.7. The number of amides is 1. The van der Waals surface area contributed by atoms with E-state index in [0.29, 0.717) is 24.9 Å². The lowest BCUT2D eigenvalue weighted by Crippen LogP contribution is -2.57. The Labute approximate surface area is 123 Å². The maximum absolute atomic E-state index is 12.7. The summed E-state index contributed by atoms with van der Waals surface area (Å²) in [7, 11) is 0. The molecule has 2 atom stereocenters. The van der Waals surface area contributed by atoms with Crippen LogP contribution in [0.5, 0.6) is 0 Å². The van der Waals surface area contributed by atoms with Crippen molar-refractivity contribution in [1.29, 1.82) is 5.26 Å². The molecule has 1 aliphatic heterocycles. The molecular formula is C16H29N3O. The highest BCUT2D eigenvalue weighted by Gasteiger charge is 2.39. The predicted octanol–water partition coefficient (Wildman–Crippen LogP) is 3.39. The Morgan fingerprint density at radius 3 is 2.15 bits per heavy atom. The number of hydrogen-bond acceptors (Lipinski definition) is 3. The van der Waals surface area contributed by atoms with Gasteiger partial charge in [-0.2, -0.15) is 5.26 Å². The van der Waals surface area contributed by atoms with E-state index in [-0.39, 0.29) is 5.91 Å². The zero-order valence-corrected chi connectivity index (χ0v) is 13.4. The number of hydrazine groups is 1. The van der Waals surface area contributed by atoms with Gasteiger partial charge in [-0.25, -0.2) is 5.01 Å². The van der Waals surface area contributed by atoms with Crippen LogP contribution in [-0.4, -0.2) is 23.0 Å². The zero-order chi connectivity index (χ0) is 15.2. The van der Waals surface area contributed by atoms with Gasteiger partial charge in [0, 0.05) is 12.1 Å². The Kier molecular flexibility index (Phi) is 6.48. The lowest BCUT2D eigenvalue weighted by Gasteiger charge is -2.40. The van der Waals surface area contributed by atoms with Gasteiger partial charge < -0.3 is 0 Å². The third-order valence-electron chi connectivity index (χ3n) is 4.43. The number of nitriles is 1. The van der Waals surface area contributed by atoms with Crippen molar-refractivity contribution in [3.8, 4) is 6.07 Å². The van der Waals surface area contributed by atoms with Gasteiger partial charge in [-0.15, -0.1) is 0 Å². The van der Waals surface area contributed by atoms with Gasteiger partial charge in [0.2, 0.25) is 0 Å². The second kappa shape index (κ2) is 7.64. The fourth-order valence-electron chi connectivity index (χ4n) is 3.23. The second-order valence-electron chi connectivity index (χ2n) is 6.17. The molecule has 1 fully saturated rings. The van der Waals surface area contributed by atoms with Crippen molar-refractivity contribution >= 4 is 5.91 Å². The lowest BCUT2D eigenvalue weighted by molar-refractivity contribution is -0.137. The van der Waals surface area contributed by atoms with Crippen LogP contribution < -0.4 is 5.43 Å². The lowest BCUT2D eigenvalue weighted by atomic mass is 9.80. The maximum atomic E-state index is 12.7. The highest BCUT2D eigenvalue weighted by molar-refractivity contribution is 5.85. The molecule has 1 rings (SSSR count). The fraction of sp³-hybridized carbons (Fsp3) is 0.875. The first-order valence-corrected chi connectivity index (χ1v) is 8.01. The largest absolute Gasteiger partial charge is 0.287 e. The molecule has 1 saturated heterocycles. The zero-order valence-electron chi connectivity index (χ0n) is 13.4. The van der Waals surface area contributed by atoms with Gasteiger partial charge in [0.15, 0.2) is 0 Å². The quantitative estimate of drug-likeness (QED) is 0.810. The summed E-state index contributed by atoms with van der Waals surface area (Å²) in [6, 6.07) is 3.00. The second-order valence-corrected chi connectivity index (χ2v) is 6.17. The molecule has 2 unspecified atom stereocenters. The Hall–Kier alpha value is -1.08. The molecule has 0 aromatic heterocycles. The minimum absolute atomic E-state index is 0.107. The first-order chi connectivity index (χ1) is 9.50. The first kappa shape index (κ1) is 17.0. The number of rotatable bonds is 6. The molecule has 4 heteroatoms. The molecule has 1 amide bonds. The average molecular weight is 279 g/mol. The number of carbonyl (C=O) groups excluding carboxylic acids is 1. The minimum Gasteiger partial charge on any atom is -0.287 e. The van der Waals surface area contributed by atoms with E-state index < -0.39 is 5.41 Å². The summed E-state index contributed by atoms with van der Waals surface area (Å²) in [6.07, 6.45) is 6.40. The van der Waals surface area contributed by atoms with Crippen molar-refractivity contribution in [2.45, 2.75) is 84.7 Å². The molecule has 0 spiro atoms. The van der Waals surface area contributed by atoms with E-state index in [4.69, 9.17) is 0 Å². The van der Waals surface area contributed by atoms with Crippen LogP contribution in [0.3, 0.4) is 0 Å². The molecule has 4 nitrogen and oxygen atoms in total. The number of carbonyl (C=O) groups is 1. The van der Waals surface area contributed by atoms with Crippen LogP contribution in [0, 0.1) is 16.7 Å². The molecular weight excluding hydrogens is 250 g/mol. The highest BCUT2D eigenvalue weighted by atomic mass is 16.2. The third kappa shape index (κ3) is 3.73. The molecule has 0 aromatic rings. The van der Waals surface area contributed by atoms with Crippen LogP contribution in [0.4, 0.5) is 0 Å². The van der Waals surface area contributed by atoms with E-state index in [9.17, 15) is 10.1 Å². The van der Waals surface area contributed by atoms with Crippen LogP contribution in [0.1, 0.15) is 72.6 Å². The van der Waals surface area contributed by atoms with Gasteiger partial charge in [-0.1, -0.05) is 33.1 Å². The van der Waals surface area contributed by atoms with Gasteiger partial charge in [-0.3, -0.25) is 10.2 Å². The number of piperidine rings is 1. The summed E-state index contributed by atoms with van der Waals surface area (Å²) in [5, 5.41) is 11.6. The predicted molar refractivity (Wildman–Crippen MR) is 80.6 cm³/mol. The van der Waals surface area contributed by atoms with Gasteiger partial charge in [0.25, 0.3) is 5.91 Å². The summed E-state index contributed by atoms with van der Waals surface area (Å²) >= 11 is 0. The molecule has 20 heavy (non-hydrogen) atoms. The average Bonchev–Trinajstić information content (AvgIpc) is 2.42. The van der Waals surface area contributed by atoms with E-state index in [0.717, 1.165) is 25.7 Å². The van der Waals surface area contributed by atoms with Crippen LogP contribution >= 0.6 is 0 Å². The number of hydrogen-bond donors (Lipinski definition) is 1. The molecule has 1 aliphatic rings. The van der Waals surface area contributed by atoms with E-state index in [1.165, 1.54) is 6.42 Å². The number of nitrogens with one attached hydrogen (secondary N) is 1. The van der Waals surface area contributed by atoms with E-state index in [1.807, 2.05) is 13.8 Å². The molecule has 0 aromatic carbocycles. The Balaban J connectivity index is 2.82. The van der Waals surface area contributed by atoms with Crippen molar-refractivity contribution in [3.05, 3.63) is 0 Å². The van der Waals surface area contributed by atoms with E-state index in [2.05, 4.69) is 30.4 Å². The van der Waals surface area contributed by atoms with Crippen molar-refractivity contribution in [2.24, 2.45) is 5.41 Å². The molecule has 0 saturated carbocycles. The third-order valence-corrected chi connectivity index (χ3v) is 4.43. The van der Waals surface area contributed by atoms with Crippen LogP contribution in [0.25, 0.3) is 0 Å². The van der Waals surface area contributed by atoms with Crippen molar-refractivity contribution < 1.29 is 4.79 Å². The van der Waals surface area contributed by atoms with Crippen LogP contribution in [0.2, 0.25) is 0 Å². The smallest absolute Gasteiger partial charge is 0.254 e. The topological polar surface area (TPSA) is 56.1 Å². The Morgan fingerprint density at radius 1 is 1.25 bits per heavy atom. The summed E-state index contributed by atoms with van der Waals surface area (Å²) in [6.45, 7) is 8.34. The summed E-state index contributed by atoms with van der Waals surface area (Å²) in [5.41, 5.74) is 2.19. The van der Waals surface area contributed by atoms with Gasteiger partial charge >= 0.3 is 0 Å². The Bertz CT molecular complexity index is 345. The summed E-state index contributed by atoms with van der Waals surface area (Å²) in [5.74, 6) is -0.107. The van der Waals surface area contributed by atoms with E-state index in [1.54, 1.807) is 0 Å². The first-order valence-electron chi connectivity index (χ1n) is 8.01. The van der Waals surface area contributed by atoms with Crippen LogP contribution in [0.15, 0.2) is 0 Å². The van der Waals surface area contributed by atoms with Crippen molar-refractivity contribution in [2.75, 3.05) is 0 Å². The standard InChI is InChI=1S/C16H29N3O/c1-5-10-16(12-17,11-6-2)15(20)18-19-13(3)8-7-9-14(19)4/h13-14H,5-11H2,1-4H3,(H,18,20). The van der Waals surface area contributed by atoms with Gasteiger partial charge in [0.05, 0.1) is 6.07 Å². The van der Waals surface area contributed by atoms with Gasteiger partial charge in [-0.05, 0) is 39.5 Å².